The molecule has 118 valence electrons. The van der Waals surface area contributed by atoms with E-state index in [2.05, 4.69) is 9.46 Å². The number of benzene rings is 2. The summed E-state index contributed by atoms with van der Waals surface area (Å²) in [5, 5.41) is 0. The summed E-state index contributed by atoms with van der Waals surface area (Å²) >= 11 is 0. The molecule has 0 aromatic heterocycles. The zero-order valence-corrected chi connectivity index (χ0v) is 12.2. The predicted octanol–water partition coefficient (Wildman–Crippen LogP) is 3.69. The van der Waals surface area contributed by atoms with Gasteiger partial charge in [0.05, 0.1) is 10.6 Å². The van der Waals surface area contributed by atoms with E-state index in [9.17, 15) is 21.6 Å². The Bertz CT molecular complexity index is 773. The van der Waals surface area contributed by atoms with Crippen LogP contribution in [0.25, 0.3) is 0 Å². The van der Waals surface area contributed by atoms with E-state index in [0.717, 1.165) is 6.07 Å². The molecule has 0 unspecified atom stereocenters. The van der Waals surface area contributed by atoms with Gasteiger partial charge in [0.25, 0.3) is 10.0 Å². The Morgan fingerprint density at radius 3 is 2.36 bits per heavy atom. The highest BCUT2D eigenvalue weighted by atomic mass is 32.2. The molecule has 2 aromatic carbocycles. The lowest BCUT2D eigenvalue weighted by Crippen LogP contribution is -2.19. The van der Waals surface area contributed by atoms with Crippen LogP contribution in [0.5, 0.6) is 5.75 Å². The molecule has 1 N–H and O–H groups in total. The van der Waals surface area contributed by atoms with E-state index in [4.69, 9.17) is 0 Å². The van der Waals surface area contributed by atoms with Gasteiger partial charge in [-0.25, -0.2) is 8.42 Å². The van der Waals surface area contributed by atoms with Crippen LogP contribution in [0.2, 0.25) is 0 Å². The van der Waals surface area contributed by atoms with Crippen molar-refractivity contribution in [3.8, 4) is 5.75 Å². The number of nitrogens with one attached hydrogen (secondary N) is 1. The van der Waals surface area contributed by atoms with Crippen LogP contribution in [0.3, 0.4) is 0 Å². The van der Waals surface area contributed by atoms with Crippen molar-refractivity contribution in [3.05, 3.63) is 54.1 Å². The maximum Gasteiger partial charge on any atom is 0.573 e. The van der Waals surface area contributed by atoms with E-state index < -0.39 is 22.1 Å². The number of aryl methyl sites for hydroxylation is 1. The first-order chi connectivity index (χ1) is 10.2. The number of anilines is 1. The highest BCUT2D eigenvalue weighted by molar-refractivity contribution is 7.92. The number of para-hydroxylation sites is 2. The van der Waals surface area contributed by atoms with Crippen molar-refractivity contribution in [3.63, 3.8) is 0 Å². The van der Waals surface area contributed by atoms with Crippen molar-refractivity contribution in [1.29, 1.82) is 0 Å². The Morgan fingerprint density at radius 1 is 1.05 bits per heavy atom. The van der Waals surface area contributed by atoms with Crippen molar-refractivity contribution < 1.29 is 26.3 Å². The zero-order valence-electron chi connectivity index (χ0n) is 11.4. The maximum atomic E-state index is 12.3. The standard InChI is InChI=1S/C14H12F3NO3S/c1-10-5-4-6-11(9-10)22(19,20)18-12-7-2-3-8-13(12)21-14(15,16)17/h2-9,18H,1H3. The Kier molecular flexibility index (Phi) is 4.32. The summed E-state index contributed by atoms with van der Waals surface area (Å²) in [5.41, 5.74) is 0.420. The van der Waals surface area contributed by atoms with Crippen molar-refractivity contribution in [2.45, 2.75) is 18.2 Å². The summed E-state index contributed by atoms with van der Waals surface area (Å²) in [5.74, 6) is -0.619. The Morgan fingerprint density at radius 2 is 1.73 bits per heavy atom. The summed E-state index contributed by atoms with van der Waals surface area (Å²) < 4.78 is 67.4. The third kappa shape index (κ3) is 4.14. The van der Waals surface area contributed by atoms with E-state index in [1.165, 1.54) is 30.3 Å². The van der Waals surface area contributed by atoms with Crippen molar-refractivity contribution in [2.75, 3.05) is 4.72 Å². The van der Waals surface area contributed by atoms with Crippen LogP contribution < -0.4 is 9.46 Å². The molecule has 0 saturated carbocycles. The molecule has 8 heteroatoms. The molecule has 0 spiro atoms. The minimum atomic E-state index is -4.91. The second-order valence-electron chi connectivity index (χ2n) is 4.47. The SMILES string of the molecule is Cc1cccc(S(=O)(=O)Nc2ccccc2OC(F)(F)F)c1. The van der Waals surface area contributed by atoms with Gasteiger partial charge in [-0.2, -0.15) is 0 Å². The summed E-state index contributed by atoms with van der Waals surface area (Å²) in [6, 6.07) is 10.9. The van der Waals surface area contributed by atoms with Crippen LogP contribution in [0, 0.1) is 6.92 Å². The number of rotatable bonds is 4. The van der Waals surface area contributed by atoms with Crippen molar-refractivity contribution in [1.82, 2.24) is 0 Å². The molecule has 0 bridgehead atoms. The number of ether oxygens (including phenoxy) is 1. The molecule has 22 heavy (non-hydrogen) atoms. The molecule has 2 aromatic rings. The average Bonchev–Trinajstić information content (AvgIpc) is 2.39. The fraction of sp³-hybridized carbons (Fsp3) is 0.143. The van der Waals surface area contributed by atoms with E-state index in [1.54, 1.807) is 19.1 Å². The molecular weight excluding hydrogens is 319 g/mol. The average molecular weight is 331 g/mol. The first kappa shape index (κ1) is 16.2. The van der Waals surface area contributed by atoms with Gasteiger partial charge in [-0.05, 0) is 36.8 Å². The third-order valence-electron chi connectivity index (χ3n) is 2.66. The van der Waals surface area contributed by atoms with Gasteiger partial charge >= 0.3 is 6.36 Å². The number of hydrogen-bond donors (Lipinski definition) is 1. The maximum absolute atomic E-state index is 12.3. The van der Waals surface area contributed by atoms with Gasteiger partial charge in [0, 0.05) is 0 Å². The van der Waals surface area contributed by atoms with Gasteiger partial charge in [0.1, 0.15) is 0 Å². The normalized spacial score (nSPS) is 12.0. The number of halogens is 3. The van der Waals surface area contributed by atoms with E-state index in [-0.39, 0.29) is 10.6 Å². The first-order valence-corrected chi connectivity index (χ1v) is 7.60. The van der Waals surface area contributed by atoms with E-state index in [0.29, 0.717) is 5.56 Å². The van der Waals surface area contributed by atoms with E-state index in [1.807, 2.05) is 0 Å². The van der Waals surface area contributed by atoms with Gasteiger partial charge in [-0.1, -0.05) is 24.3 Å². The van der Waals surface area contributed by atoms with Gasteiger partial charge in [0.15, 0.2) is 5.75 Å². The highest BCUT2D eigenvalue weighted by Gasteiger charge is 2.32. The summed E-state index contributed by atoms with van der Waals surface area (Å²) in [6.07, 6.45) is -4.91. The van der Waals surface area contributed by atoms with Crippen LogP contribution in [0.1, 0.15) is 5.56 Å². The molecular formula is C14H12F3NO3S. The minimum Gasteiger partial charge on any atom is -0.404 e. The number of alkyl halides is 3. The van der Waals surface area contributed by atoms with Crippen LogP contribution in [-0.4, -0.2) is 14.8 Å². The lowest BCUT2D eigenvalue weighted by molar-refractivity contribution is -0.274. The Labute approximate surface area is 125 Å². The molecule has 0 aliphatic rings. The minimum absolute atomic E-state index is 0.0469. The van der Waals surface area contributed by atoms with Crippen LogP contribution in [-0.2, 0) is 10.0 Å². The molecule has 0 saturated heterocycles. The zero-order chi connectivity index (χ0) is 16.4. The molecule has 0 fully saturated rings. The molecule has 0 heterocycles. The topological polar surface area (TPSA) is 55.4 Å². The summed E-state index contributed by atoms with van der Waals surface area (Å²) in [7, 11) is -4.01. The summed E-state index contributed by atoms with van der Waals surface area (Å²) in [6.45, 7) is 1.71. The molecule has 4 nitrogen and oxygen atoms in total. The number of sulfonamides is 1. The highest BCUT2D eigenvalue weighted by Crippen LogP contribution is 2.31. The van der Waals surface area contributed by atoms with Gasteiger partial charge in [-0.15, -0.1) is 13.2 Å². The van der Waals surface area contributed by atoms with Gasteiger partial charge in [-0.3, -0.25) is 4.72 Å². The fourth-order valence-corrected chi connectivity index (χ4v) is 2.93. The smallest absolute Gasteiger partial charge is 0.404 e. The van der Waals surface area contributed by atoms with Crippen molar-refractivity contribution in [2.24, 2.45) is 0 Å². The molecule has 2 rings (SSSR count). The number of hydrogen-bond acceptors (Lipinski definition) is 3. The van der Waals surface area contributed by atoms with Crippen molar-refractivity contribution >= 4 is 15.7 Å². The van der Waals surface area contributed by atoms with Crippen LogP contribution >= 0.6 is 0 Å². The quantitative estimate of drug-likeness (QED) is 0.929. The Balaban J connectivity index is 2.34. The second-order valence-corrected chi connectivity index (χ2v) is 6.15. The third-order valence-corrected chi connectivity index (χ3v) is 4.02. The van der Waals surface area contributed by atoms with E-state index >= 15 is 0 Å². The molecule has 0 aliphatic heterocycles. The molecule has 0 aliphatic carbocycles. The van der Waals surface area contributed by atoms with Crippen LogP contribution in [0.4, 0.5) is 18.9 Å². The predicted molar refractivity (Wildman–Crippen MR) is 75.1 cm³/mol. The first-order valence-electron chi connectivity index (χ1n) is 6.12. The van der Waals surface area contributed by atoms with Gasteiger partial charge in [0.2, 0.25) is 0 Å². The molecule has 0 radical (unpaired) electrons. The lowest BCUT2D eigenvalue weighted by Gasteiger charge is -2.14. The monoisotopic (exact) mass is 331 g/mol. The second kappa shape index (κ2) is 5.88. The Hall–Kier alpha value is -2.22. The summed E-state index contributed by atoms with van der Waals surface area (Å²) in [4.78, 5) is -0.0469. The lowest BCUT2D eigenvalue weighted by atomic mass is 10.2. The largest absolute Gasteiger partial charge is 0.573 e. The fourth-order valence-electron chi connectivity index (χ4n) is 1.75. The molecule has 0 amide bonds. The molecule has 0 atom stereocenters. The van der Waals surface area contributed by atoms with Crippen LogP contribution in [0.15, 0.2) is 53.4 Å². The van der Waals surface area contributed by atoms with Gasteiger partial charge < -0.3 is 4.74 Å².